The molecule has 4 nitrogen and oxygen atoms in total. The summed E-state index contributed by atoms with van der Waals surface area (Å²) in [6.07, 6.45) is 1.03. The van der Waals surface area contributed by atoms with Crippen LogP contribution in [0.4, 0.5) is 5.69 Å². The highest BCUT2D eigenvalue weighted by molar-refractivity contribution is 7.80. The van der Waals surface area contributed by atoms with Crippen LogP contribution in [0.2, 0.25) is 0 Å². The van der Waals surface area contributed by atoms with E-state index in [4.69, 9.17) is 21.7 Å². The Morgan fingerprint density at radius 3 is 1.63 bits per heavy atom. The summed E-state index contributed by atoms with van der Waals surface area (Å²) in [5, 5.41) is 4.03. The van der Waals surface area contributed by atoms with E-state index in [-0.39, 0.29) is 0 Å². The second kappa shape index (κ2) is 10.6. The van der Waals surface area contributed by atoms with Crippen molar-refractivity contribution in [2.24, 2.45) is 0 Å². The van der Waals surface area contributed by atoms with Crippen molar-refractivity contribution in [2.75, 3.05) is 19.5 Å². The molecule has 3 aromatic rings. The smallest absolute Gasteiger partial charge is 0.174 e. The first-order chi connectivity index (χ1) is 14.6. The molecule has 5 heteroatoms. The van der Waals surface area contributed by atoms with Gasteiger partial charge in [0, 0.05) is 18.8 Å². The molecule has 0 spiro atoms. The Kier molecular flexibility index (Phi) is 7.69. The van der Waals surface area contributed by atoms with Crippen molar-refractivity contribution >= 4 is 23.0 Å². The van der Waals surface area contributed by atoms with E-state index < -0.39 is 0 Å². The third-order valence-electron chi connectivity index (χ3n) is 4.97. The summed E-state index contributed by atoms with van der Waals surface area (Å²) in [4.78, 5) is 2.17. The minimum atomic E-state index is 0.676. The van der Waals surface area contributed by atoms with Gasteiger partial charge in [-0.3, -0.25) is 0 Å². The lowest BCUT2D eigenvalue weighted by molar-refractivity contribution is 0.407. The van der Waals surface area contributed by atoms with Crippen molar-refractivity contribution in [1.29, 1.82) is 0 Å². The van der Waals surface area contributed by atoms with Gasteiger partial charge in [0.05, 0.1) is 14.2 Å². The van der Waals surface area contributed by atoms with Gasteiger partial charge in [0.1, 0.15) is 11.5 Å². The average Bonchev–Trinajstić information content (AvgIpc) is 2.80. The lowest BCUT2D eigenvalue weighted by atomic mass is 10.1. The lowest BCUT2D eigenvalue weighted by Gasteiger charge is -2.26. The number of aryl methyl sites for hydroxylation is 1. The predicted molar refractivity (Wildman–Crippen MR) is 127 cm³/mol. The minimum absolute atomic E-state index is 0.676. The molecule has 0 saturated heterocycles. The van der Waals surface area contributed by atoms with Crippen LogP contribution >= 0.6 is 12.2 Å². The second-order valence-electron chi connectivity index (χ2n) is 7.03. The molecule has 0 aliphatic rings. The Morgan fingerprint density at radius 2 is 1.17 bits per heavy atom. The number of hydrogen-bond acceptors (Lipinski definition) is 3. The highest BCUT2D eigenvalue weighted by Crippen LogP contribution is 2.19. The number of nitrogens with one attached hydrogen (secondary N) is 1. The summed E-state index contributed by atoms with van der Waals surface area (Å²) in [7, 11) is 3.34. The molecule has 0 bridgehead atoms. The van der Waals surface area contributed by atoms with Crippen LogP contribution in [0.1, 0.15) is 23.6 Å². The first-order valence-electron chi connectivity index (χ1n) is 10.0. The summed E-state index contributed by atoms with van der Waals surface area (Å²) in [6, 6.07) is 24.6. The molecule has 0 amide bonds. The van der Waals surface area contributed by atoms with Crippen LogP contribution in [0.3, 0.4) is 0 Å². The number of methoxy groups -OCH3 is 2. The van der Waals surface area contributed by atoms with E-state index in [2.05, 4.69) is 53.5 Å². The number of nitrogens with zero attached hydrogens (tertiary/aromatic N) is 1. The topological polar surface area (TPSA) is 33.7 Å². The number of rotatable bonds is 8. The van der Waals surface area contributed by atoms with E-state index >= 15 is 0 Å². The van der Waals surface area contributed by atoms with Crippen molar-refractivity contribution < 1.29 is 9.47 Å². The molecule has 0 aliphatic carbocycles. The van der Waals surface area contributed by atoms with Crippen LogP contribution in [0.15, 0.2) is 72.8 Å². The van der Waals surface area contributed by atoms with E-state index in [0.29, 0.717) is 11.7 Å². The zero-order chi connectivity index (χ0) is 21.3. The highest BCUT2D eigenvalue weighted by Gasteiger charge is 2.12. The van der Waals surface area contributed by atoms with E-state index in [0.717, 1.165) is 30.2 Å². The van der Waals surface area contributed by atoms with E-state index in [1.54, 1.807) is 14.2 Å². The van der Waals surface area contributed by atoms with E-state index in [1.807, 2.05) is 36.4 Å². The van der Waals surface area contributed by atoms with Crippen molar-refractivity contribution in [2.45, 2.75) is 26.4 Å². The fourth-order valence-electron chi connectivity index (χ4n) is 3.13. The monoisotopic (exact) mass is 420 g/mol. The SMILES string of the molecule is CCc1ccc(CN(Cc2ccc(OC)cc2)C(=S)Nc2ccc(OC)cc2)cc1. The van der Waals surface area contributed by atoms with Gasteiger partial charge < -0.3 is 19.7 Å². The van der Waals surface area contributed by atoms with Gasteiger partial charge in [-0.25, -0.2) is 0 Å². The van der Waals surface area contributed by atoms with Crippen LogP contribution in [0.5, 0.6) is 11.5 Å². The summed E-state index contributed by atoms with van der Waals surface area (Å²) >= 11 is 5.77. The molecule has 30 heavy (non-hydrogen) atoms. The summed E-state index contributed by atoms with van der Waals surface area (Å²) in [5.74, 6) is 1.66. The third kappa shape index (κ3) is 5.97. The Labute approximate surface area is 184 Å². The Bertz CT molecular complexity index is 889. The number of hydrogen-bond donors (Lipinski definition) is 1. The molecule has 0 atom stereocenters. The van der Waals surface area contributed by atoms with E-state index in [1.165, 1.54) is 16.7 Å². The maximum atomic E-state index is 5.77. The van der Waals surface area contributed by atoms with Crippen molar-refractivity contribution in [3.63, 3.8) is 0 Å². The third-order valence-corrected chi connectivity index (χ3v) is 5.33. The van der Waals surface area contributed by atoms with Crippen LogP contribution in [0, 0.1) is 0 Å². The van der Waals surface area contributed by atoms with E-state index in [9.17, 15) is 0 Å². The maximum Gasteiger partial charge on any atom is 0.174 e. The lowest BCUT2D eigenvalue weighted by Crippen LogP contribution is -2.33. The largest absolute Gasteiger partial charge is 0.497 e. The Morgan fingerprint density at radius 1 is 0.733 bits per heavy atom. The van der Waals surface area contributed by atoms with Gasteiger partial charge in [-0.2, -0.15) is 0 Å². The average molecular weight is 421 g/mol. The molecule has 0 saturated carbocycles. The zero-order valence-corrected chi connectivity index (χ0v) is 18.5. The predicted octanol–water partition coefficient (Wildman–Crippen LogP) is 5.67. The van der Waals surface area contributed by atoms with Crippen molar-refractivity contribution in [1.82, 2.24) is 4.90 Å². The van der Waals surface area contributed by atoms with Gasteiger partial charge in [-0.1, -0.05) is 43.3 Å². The molecule has 0 fully saturated rings. The van der Waals surface area contributed by atoms with Crippen molar-refractivity contribution in [3.8, 4) is 11.5 Å². The Hall–Kier alpha value is -3.05. The molecular formula is C25H28N2O2S. The Balaban J connectivity index is 1.77. The van der Waals surface area contributed by atoms with Gasteiger partial charge in [0.25, 0.3) is 0 Å². The molecule has 3 rings (SSSR count). The van der Waals surface area contributed by atoms with Gasteiger partial charge in [-0.05, 0) is 71.7 Å². The van der Waals surface area contributed by atoms with Gasteiger partial charge in [0.2, 0.25) is 0 Å². The molecule has 0 heterocycles. The number of benzene rings is 3. The molecule has 3 aromatic carbocycles. The summed E-state index contributed by atoms with van der Waals surface area (Å²) in [6.45, 7) is 3.58. The van der Waals surface area contributed by atoms with Crippen molar-refractivity contribution in [3.05, 3.63) is 89.5 Å². The van der Waals surface area contributed by atoms with Crippen LogP contribution in [-0.2, 0) is 19.5 Å². The standard InChI is InChI=1S/C25H28N2O2S/c1-4-19-5-7-20(8-6-19)17-27(18-21-9-13-23(28-2)14-10-21)25(30)26-22-11-15-24(29-3)16-12-22/h5-16H,4,17-18H2,1-3H3,(H,26,30). The molecule has 0 aliphatic heterocycles. The first-order valence-corrected chi connectivity index (χ1v) is 10.4. The van der Waals surface area contributed by atoms with Gasteiger partial charge >= 0.3 is 0 Å². The molecule has 0 aromatic heterocycles. The fourth-order valence-corrected chi connectivity index (χ4v) is 3.38. The second-order valence-corrected chi connectivity index (χ2v) is 7.42. The first kappa shape index (κ1) is 21.7. The minimum Gasteiger partial charge on any atom is -0.497 e. The van der Waals surface area contributed by atoms with Crippen LogP contribution in [0.25, 0.3) is 0 Å². The highest BCUT2D eigenvalue weighted by atomic mass is 32.1. The maximum absolute atomic E-state index is 5.77. The van der Waals surface area contributed by atoms with Gasteiger partial charge in [0.15, 0.2) is 5.11 Å². The van der Waals surface area contributed by atoms with Gasteiger partial charge in [-0.15, -0.1) is 0 Å². The normalized spacial score (nSPS) is 10.4. The zero-order valence-electron chi connectivity index (χ0n) is 17.7. The molecular weight excluding hydrogens is 392 g/mol. The molecule has 1 N–H and O–H groups in total. The number of anilines is 1. The quantitative estimate of drug-likeness (QED) is 0.475. The number of thiocarbonyl (C=S) groups is 1. The molecule has 0 unspecified atom stereocenters. The summed E-state index contributed by atoms with van der Waals surface area (Å²) < 4.78 is 10.5. The van der Waals surface area contributed by atoms with Crippen LogP contribution in [-0.4, -0.2) is 24.2 Å². The molecule has 156 valence electrons. The fraction of sp³-hybridized carbons (Fsp3) is 0.240. The summed E-state index contributed by atoms with van der Waals surface area (Å²) in [5.41, 5.74) is 4.65. The van der Waals surface area contributed by atoms with Crippen LogP contribution < -0.4 is 14.8 Å². The number of ether oxygens (including phenoxy) is 2. The molecule has 0 radical (unpaired) electrons.